The zero-order valence-electron chi connectivity index (χ0n) is 13.6. The molecular formula is C17H20N2O4S. The number of aryl methyl sites for hydroxylation is 1. The molecular weight excluding hydrogens is 328 g/mol. The van der Waals surface area contributed by atoms with Crippen LogP contribution >= 0.6 is 11.8 Å². The first-order valence-corrected chi connectivity index (χ1v) is 8.96. The maximum Gasteiger partial charge on any atom is 0.289 e. The number of amides is 3. The van der Waals surface area contributed by atoms with E-state index in [1.165, 1.54) is 4.90 Å². The standard InChI is InChI=1S/C17H20N2O4S/c1-23-14-5-2-12(3-6-14)4-7-15(20)18-9-8-13(10-18)19-16(21)11-24-17(19)22/h2-3,5-6,13H,4,7-11H2,1H3/t13-/m0/s1. The first kappa shape index (κ1) is 16.8. The van der Waals surface area contributed by atoms with Crippen molar-refractivity contribution in [2.75, 3.05) is 26.0 Å². The van der Waals surface area contributed by atoms with E-state index in [9.17, 15) is 14.4 Å². The number of carbonyl (C=O) groups excluding carboxylic acids is 3. The molecule has 3 rings (SSSR count). The molecule has 2 aliphatic rings. The summed E-state index contributed by atoms with van der Waals surface area (Å²) in [6.45, 7) is 1.06. The number of carbonyl (C=O) groups is 3. The Bertz CT molecular complexity index is 630. The summed E-state index contributed by atoms with van der Waals surface area (Å²) in [4.78, 5) is 39.0. The third kappa shape index (κ3) is 3.56. The van der Waals surface area contributed by atoms with Crippen LogP contribution in [0.3, 0.4) is 0 Å². The van der Waals surface area contributed by atoms with Crippen LogP contribution in [-0.2, 0) is 16.0 Å². The highest BCUT2D eigenvalue weighted by Gasteiger charge is 2.39. The van der Waals surface area contributed by atoms with E-state index in [4.69, 9.17) is 4.74 Å². The molecule has 0 spiro atoms. The summed E-state index contributed by atoms with van der Waals surface area (Å²) in [7, 11) is 1.62. The molecule has 0 aromatic heterocycles. The van der Waals surface area contributed by atoms with Gasteiger partial charge in [-0.2, -0.15) is 0 Å². The van der Waals surface area contributed by atoms with E-state index in [2.05, 4.69) is 0 Å². The summed E-state index contributed by atoms with van der Waals surface area (Å²) in [5.74, 6) is 0.952. The summed E-state index contributed by atoms with van der Waals surface area (Å²) in [6, 6.07) is 7.52. The van der Waals surface area contributed by atoms with Crippen molar-refractivity contribution in [3.8, 4) is 5.75 Å². The Kier molecular flexibility index (Phi) is 5.08. The number of ether oxygens (including phenoxy) is 1. The number of nitrogens with zero attached hydrogens (tertiary/aromatic N) is 2. The molecule has 24 heavy (non-hydrogen) atoms. The summed E-state index contributed by atoms with van der Waals surface area (Å²) in [5, 5.41) is -0.183. The highest BCUT2D eigenvalue weighted by molar-refractivity contribution is 8.14. The average Bonchev–Trinajstić information content (AvgIpc) is 3.20. The largest absolute Gasteiger partial charge is 0.497 e. The number of likely N-dealkylation sites (tertiary alicyclic amines) is 1. The van der Waals surface area contributed by atoms with Gasteiger partial charge >= 0.3 is 0 Å². The van der Waals surface area contributed by atoms with Crippen molar-refractivity contribution in [2.24, 2.45) is 0 Å². The summed E-state index contributed by atoms with van der Waals surface area (Å²) in [5.41, 5.74) is 1.08. The second kappa shape index (κ2) is 7.25. The van der Waals surface area contributed by atoms with E-state index in [1.54, 1.807) is 12.0 Å². The van der Waals surface area contributed by atoms with Gasteiger partial charge in [-0.1, -0.05) is 23.9 Å². The average molecular weight is 348 g/mol. The molecule has 7 heteroatoms. The molecule has 1 aromatic carbocycles. The lowest BCUT2D eigenvalue weighted by Gasteiger charge is -2.22. The van der Waals surface area contributed by atoms with Crippen LogP contribution < -0.4 is 4.74 Å². The van der Waals surface area contributed by atoms with E-state index in [1.807, 2.05) is 24.3 Å². The van der Waals surface area contributed by atoms with Crippen molar-refractivity contribution in [2.45, 2.75) is 25.3 Å². The lowest BCUT2D eigenvalue weighted by atomic mass is 10.1. The number of benzene rings is 1. The van der Waals surface area contributed by atoms with E-state index >= 15 is 0 Å². The molecule has 2 fully saturated rings. The Morgan fingerprint density at radius 2 is 2.04 bits per heavy atom. The first-order valence-electron chi connectivity index (χ1n) is 7.98. The summed E-state index contributed by atoms with van der Waals surface area (Å²) < 4.78 is 5.12. The van der Waals surface area contributed by atoms with Crippen molar-refractivity contribution in [3.63, 3.8) is 0 Å². The normalized spacial score (nSPS) is 20.8. The predicted octanol–water partition coefficient (Wildman–Crippen LogP) is 1.92. The Labute approximate surface area is 145 Å². The Morgan fingerprint density at radius 1 is 1.29 bits per heavy atom. The molecule has 2 aliphatic heterocycles. The Hall–Kier alpha value is -2.02. The number of imide groups is 1. The van der Waals surface area contributed by atoms with Gasteiger partial charge < -0.3 is 9.64 Å². The van der Waals surface area contributed by atoms with Crippen LogP contribution in [0, 0.1) is 0 Å². The molecule has 1 aromatic rings. The van der Waals surface area contributed by atoms with Crippen LogP contribution in [0.15, 0.2) is 24.3 Å². The van der Waals surface area contributed by atoms with Crippen LogP contribution in [-0.4, -0.2) is 58.8 Å². The van der Waals surface area contributed by atoms with Crippen molar-refractivity contribution >= 4 is 28.8 Å². The highest BCUT2D eigenvalue weighted by atomic mass is 32.2. The zero-order valence-corrected chi connectivity index (χ0v) is 14.4. The van der Waals surface area contributed by atoms with Crippen LogP contribution in [0.1, 0.15) is 18.4 Å². The Balaban J connectivity index is 1.51. The number of thioether (sulfide) groups is 1. The fourth-order valence-corrected chi connectivity index (χ4v) is 3.87. The molecule has 0 unspecified atom stereocenters. The van der Waals surface area contributed by atoms with E-state index < -0.39 is 0 Å². The van der Waals surface area contributed by atoms with Crippen molar-refractivity contribution < 1.29 is 19.1 Å². The van der Waals surface area contributed by atoms with Gasteiger partial charge in [-0.05, 0) is 30.5 Å². The predicted molar refractivity (Wildman–Crippen MR) is 91.0 cm³/mol. The zero-order chi connectivity index (χ0) is 17.1. The molecule has 0 radical (unpaired) electrons. The molecule has 6 nitrogen and oxygen atoms in total. The second-order valence-electron chi connectivity index (χ2n) is 5.95. The van der Waals surface area contributed by atoms with Crippen molar-refractivity contribution in [3.05, 3.63) is 29.8 Å². The van der Waals surface area contributed by atoms with E-state index in [0.717, 1.165) is 23.1 Å². The van der Waals surface area contributed by atoms with E-state index in [-0.39, 0.29) is 28.8 Å². The lowest BCUT2D eigenvalue weighted by Crippen LogP contribution is -2.41. The smallest absolute Gasteiger partial charge is 0.289 e. The van der Waals surface area contributed by atoms with Crippen molar-refractivity contribution in [1.82, 2.24) is 9.80 Å². The van der Waals surface area contributed by atoms with Crippen LogP contribution in [0.4, 0.5) is 4.79 Å². The highest BCUT2D eigenvalue weighted by Crippen LogP contribution is 2.26. The number of methoxy groups -OCH3 is 1. The quantitative estimate of drug-likeness (QED) is 0.813. The topological polar surface area (TPSA) is 66.9 Å². The van der Waals surface area contributed by atoms with Gasteiger partial charge in [-0.15, -0.1) is 0 Å². The van der Waals surface area contributed by atoms with Gasteiger partial charge in [0.1, 0.15) is 5.75 Å². The number of hydrogen-bond donors (Lipinski definition) is 0. The fourth-order valence-electron chi connectivity index (χ4n) is 3.10. The molecule has 0 saturated carbocycles. The monoisotopic (exact) mass is 348 g/mol. The van der Waals surface area contributed by atoms with E-state index in [0.29, 0.717) is 32.4 Å². The number of hydrogen-bond acceptors (Lipinski definition) is 5. The molecule has 0 bridgehead atoms. The van der Waals surface area contributed by atoms with Crippen molar-refractivity contribution in [1.29, 1.82) is 0 Å². The van der Waals surface area contributed by atoms with Gasteiger partial charge in [0, 0.05) is 19.5 Å². The second-order valence-corrected chi connectivity index (χ2v) is 6.88. The third-order valence-corrected chi connectivity index (χ3v) is 5.29. The molecule has 1 atom stereocenters. The molecule has 0 N–H and O–H groups in total. The summed E-state index contributed by atoms with van der Waals surface area (Å²) >= 11 is 1.04. The minimum absolute atomic E-state index is 0.0695. The van der Waals surface area contributed by atoms with Gasteiger partial charge in [0.05, 0.1) is 18.9 Å². The maximum atomic E-state index is 12.4. The van der Waals surface area contributed by atoms with Crippen LogP contribution in [0.5, 0.6) is 5.75 Å². The third-order valence-electron chi connectivity index (χ3n) is 4.45. The van der Waals surface area contributed by atoms with Crippen LogP contribution in [0.25, 0.3) is 0 Å². The summed E-state index contributed by atoms with van der Waals surface area (Å²) in [6.07, 6.45) is 1.77. The van der Waals surface area contributed by atoms with Gasteiger partial charge in [0.25, 0.3) is 5.24 Å². The molecule has 2 saturated heterocycles. The van der Waals surface area contributed by atoms with Crippen LogP contribution in [0.2, 0.25) is 0 Å². The maximum absolute atomic E-state index is 12.4. The minimum Gasteiger partial charge on any atom is -0.497 e. The number of rotatable bonds is 5. The molecule has 0 aliphatic carbocycles. The Morgan fingerprint density at radius 3 is 2.67 bits per heavy atom. The first-order chi connectivity index (χ1) is 11.6. The minimum atomic E-state index is -0.183. The molecule has 128 valence electrons. The van der Waals surface area contributed by atoms with Gasteiger partial charge in [-0.25, -0.2) is 0 Å². The SMILES string of the molecule is COc1ccc(CCC(=O)N2CC[C@H](N3C(=O)CSC3=O)C2)cc1. The van der Waals surface area contributed by atoms with Gasteiger partial charge in [0.2, 0.25) is 11.8 Å². The van der Waals surface area contributed by atoms with Gasteiger partial charge in [0.15, 0.2) is 0 Å². The fraction of sp³-hybridized carbons (Fsp3) is 0.471. The molecule has 3 amide bonds. The molecule has 2 heterocycles. The lowest BCUT2D eigenvalue weighted by molar-refractivity contribution is -0.131. The van der Waals surface area contributed by atoms with Gasteiger partial charge in [-0.3, -0.25) is 19.3 Å².